The Morgan fingerprint density at radius 1 is 1.00 bits per heavy atom. The number of nitrogens with zero attached hydrogens (tertiary/aromatic N) is 2. The second-order valence-corrected chi connectivity index (χ2v) is 11.3. The highest BCUT2D eigenvalue weighted by atomic mass is 16.5. The Kier molecular flexibility index (Phi) is 3.86. The van der Waals surface area contributed by atoms with Crippen molar-refractivity contribution in [2.45, 2.75) is 77.2 Å². The van der Waals surface area contributed by atoms with Crippen LogP contribution in [0.15, 0.2) is 12.2 Å². The van der Waals surface area contributed by atoms with Gasteiger partial charge in [0, 0.05) is 31.0 Å². The van der Waals surface area contributed by atoms with Crippen molar-refractivity contribution in [1.29, 1.82) is 0 Å². The van der Waals surface area contributed by atoms with Gasteiger partial charge >= 0.3 is 0 Å². The molecule has 0 N–H and O–H groups in total. The van der Waals surface area contributed by atoms with Gasteiger partial charge in [-0.3, -0.25) is 9.59 Å². The molecule has 0 spiro atoms. The van der Waals surface area contributed by atoms with E-state index in [1.165, 1.54) is 12.8 Å². The molecular weight excluding hydrogens is 364 g/mol. The Bertz CT molecular complexity index is 774. The lowest BCUT2D eigenvalue weighted by Gasteiger charge is -2.60. The van der Waals surface area contributed by atoms with E-state index < -0.39 is 0 Å². The highest BCUT2D eigenvalue weighted by molar-refractivity contribution is 5.83. The van der Waals surface area contributed by atoms with Gasteiger partial charge in [-0.1, -0.05) is 26.0 Å². The van der Waals surface area contributed by atoms with Crippen LogP contribution in [-0.2, 0) is 14.3 Å². The van der Waals surface area contributed by atoms with E-state index in [0.717, 1.165) is 38.3 Å². The van der Waals surface area contributed by atoms with Crippen LogP contribution in [0.3, 0.4) is 0 Å². The molecule has 2 amide bonds. The van der Waals surface area contributed by atoms with Crippen molar-refractivity contribution < 1.29 is 14.3 Å². The van der Waals surface area contributed by atoms with Crippen molar-refractivity contribution in [2.75, 3.05) is 13.1 Å². The second kappa shape index (κ2) is 6.09. The summed E-state index contributed by atoms with van der Waals surface area (Å²) >= 11 is 0. The van der Waals surface area contributed by atoms with Crippen LogP contribution in [0, 0.1) is 35.0 Å². The predicted octanol–water partition coefficient (Wildman–Crippen LogP) is 2.85. The minimum absolute atomic E-state index is 0.0172. The Morgan fingerprint density at radius 2 is 1.83 bits per heavy atom. The monoisotopic (exact) mass is 398 g/mol. The third-order valence-corrected chi connectivity index (χ3v) is 9.67. The summed E-state index contributed by atoms with van der Waals surface area (Å²) in [6.07, 6.45) is 9.63. The topological polar surface area (TPSA) is 49.9 Å². The molecule has 5 heteroatoms. The first-order chi connectivity index (χ1) is 13.8. The number of carbonyl (C=O) groups excluding carboxylic acids is 2. The fourth-order valence-electron chi connectivity index (χ4n) is 7.89. The second-order valence-electron chi connectivity index (χ2n) is 11.3. The minimum atomic E-state index is -0.0272. The lowest BCUT2D eigenvalue weighted by Crippen LogP contribution is -2.58. The molecule has 9 atom stereocenters. The van der Waals surface area contributed by atoms with Crippen LogP contribution in [0.1, 0.15) is 52.9 Å². The SMILES string of the molecule is C[C@@H]1C[C@H]2CN(C(=O)[C@@H]3C[C@H]4C=C[C@@H]3O4)C[C@H]2N1C(=O)[C@@H]1CC[C@H]2C[C@@H]1C2(C)C. The van der Waals surface area contributed by atoms with Crippen LogP contribution >= 0.6 is 0 Å². The predicted molar refractivity (Wildman–Crippen MR) is 109 cm³/mol. The Morgan fingerprint density at radius 3 is 2.48 bits per heavy atom. The molecule has 5 nitrogen and oxygen atoms in total. The molecule has 3 saturated carbocycles. The molecule has 0 aromatic carbocycles. The first-order valence-electron chi connectivity index (χ1n) is 11.8. The van der Waals surface area contributed by atoms with Crippen molar-refractivity contribution in [1.82, 2.24) is 9.80 Å². The summed E-state index contributed by atoms with van der Waals surface area (Å²) in [6, 6.07) is 0.529. The summed E-state index contributed by atoms with van der Waals surface area (Å²) in [7, 11) is 0. The fourth-order valence-corrected chi connectivity index (χ4v) is 7.89. The maximum atomic E-state index is 13.7. The molecule has 7 aliphatic rings. The van der Waals surface area contributed by atoms with Gasteiger partial charge in [0.2, 0.25) is 11.8 Å². The standard InChI is InChI=1S/C24H34N2O3/c1-13-8-14-11-25(22(27)18-10-16-5-7-21(18)29-16)12-20(14)26(13)23(28)17-6-4-15-9-19(17)24(15,2)3/h5,7,13-21H,4,6,8-12H2,1-3H3/t13-,14+,15+,16-,17-,18-,19+,20-,21+/m1/s1. The quantitative estimate of drug-likeness (QED) is 0.672. The van der Waals surface area contributed by atoms with Gasteiger partial charge in [-0.25, -0.2) is 0 Å². The van der Waals surface area contributed by atoms with Crippen molar-refractivity contribution in [3.8, 4) is 0 Å². The smallest absolute Gasteiger partial charge is 0.228 e. The van der Waals surface area contributed by atoms with Crippen molar-refractivity contribution in [2.24, 2.45) is 35.0 Å². The zero-order valence-corrected chi connectivity index (χ0v) is 17.9. The fraction of sp³-hybridized carbons (Fsp3) is 0.833. The Balaban J connectivity index is 1.17. The number of amides is 2. The number of fused-ring (bicyclic) bond motifs is 5. The summed E-state index contributed by atoms with van der Waals surface area (Å²) in [5.74, 6) is 2.63. The number of hydrogen-bond acceptors (Lipinski definition) is 3. The van der Waals surface area contributed by atoms with E-state index in [2.05, 4.69) is 37.8 Å². The number of likely N-dealkylation sites (tertiary alicyclic amines) is 2. The summed E-state index contributed by atoms with van der Waals surface area (Å²) < 4.78 is 5.83. The Labute approximate surface area is 173 Å². The van der Waals surface area contributed by atoms with Crippen LogP contribution < -0.4 is 0 Å². The van der Waals surface area contributed by atoms with Gasteiger partial charge in [-0.15, -0.1) is 0 Å². The molecule has 4 aliphatic heterocycles. The van der Waals surface area contributed by atoms with Gasteiger partial charge < -0.3 is 14.5 Å². The molecule has 158 valence electrons. The van der Waals surface area contributed by atoms with Crippen LogP contribution in [0.2, 0.25) is 0 Å². The molecule has 6 fully saturated rings. The molecule has 4 bridgehead atoms. The van der Waals surface area contributed by atoms with Crippen molar-refractivity contribution >= 4 is 11.8 Å². The lowest BCUT2D eigenvalue weighted by atomic mass is 9.45. The van der Waals surface area contributed by atoms with Crippen molar-refractivity contribution in [3.63, 3.8) is 0 Å². The highest BCUT2D eigenvalue weighted by Crippen LogP contribution is 2.62. The molecule has 0 aromatic heterocycles. The Hall–Kier alpha value is -1.36. The first kappa shape index (κ1) is 18.4. The van der Waals surface area contributed by atoms with E-state index in [1.807, 2.05) is 4.90 Å². The van der Waals surface area contributed by atoms with Crippen molar-refractivity contribution in [3.05, 3.63) is 12.2 Å². The summed E-state index contributed by atoms with van der Waals surface area (Å²) in [4.78, 5) is 31.2. The summed E-state index contributed by atoms with van der Waals surface area (Å²) in [5, 5.41) is 0. The molecule has 0 radical (unpaired) electrons. The highest BCUT2D eigenvalue weighted by Gasteiger charge is 2.59. The molecule has 7 rings (SSSR count). The molecule has 0 aromatic rings. The van der Waals surface area contributed by atoms with E-state index in [4.69, 9.17) is 4.74 Å². The minimum Gasteiger partial charge on any atom is -0.366 e. The zero-order chi connectivity index (χ0) is 20.1. The maximum Gasteiger partial charge on any atom is 0.228 e. The van der Waals surface area contributed by atoms with E-state index in [9.17, 15) is 9.59 Å². The van der Waals surface area contributed by atoms with Gasteiger partial charge in [-0.2, -0.15) is 0 Å². The molecule has 4 heterocycles. The van der Waals surface area contributed by atoms with Gasteiger partial charge in [0.25, 0.3) is 0 Å². The lowest BCUT2D eigenvalue weighted by molar-refractivity contribution is -0.161. The van der Waals surface area contributed by atoms with Crippen LogP contribution in [0.4, 0.5) is 0 Å². The van der Waals surface area contributed by atoms with Gasteiger partial charge in [0.05, 0.1) is 24.2 Å². The third-order valence-electron chi connectivity index (χ3n) is 9.67. The molecule has 29 heavy (non-hydrogen) atoms. The van der Waals surface area contributed by atoms with Crippen LogP contribution in [0.5, 0.6) is 0 Å². The van der Waals surface area contributed by atoms with E-state index in [0.29, 0.717) is 29.2 Å². The van der Waals surface area contributed by atoms with E-state index in [-0.39, 0.29) is 36.0 Å². The maximum absolute atomic E-state index is 13.7. The number of hydrogen-bond donors (Lipinski definition) is 0. The van der Waals surface area contributed by atoms with E-state index in [1.54, 1.807) is 0 Å². The van der Waals surface area contributed by atoms with Gasteiger partial charge in [0.1, 0.15) is 0 Å². The van der Waals surface area contributed by atoms with Crippen LogP contribution in [0.25, 0.3) is 0 Å². The molecule has 3 saturated heterocycles. The molecule has 0 unspecified atom stereocenters. The summed E-state index contributed by atoms with van der Waals surface area (Å²) in [6.45, 7) is 8.48. The normalized spacial score (nSPS) is 48.7. The zero-order valence-electron chi connectivity index (χ0n) is 17.9. The molecular formula is C24H34N2O3. The number of carbonyl (C=O) groups is 2. The largest absolute Gasteiger partial charge is 0.366 e. The number of rotatable bonds is 2. The third kappa shape index (κ3) is 2.49. The average molecular weight is 399 g/mol. The summed E-state index contributed by atoms with van der Waals surface area (Å²) in [5.41, 5.74) is 0.327. The van der Waals surface area contributed by atoms with E-state index >= 15 is 0 Å². The molecule has 3 aliphatic carbocycles. The number of ether oxygens (including phenoxy) is 1. The average Bonchev–Trinajstić information content (AvgIpc) is 3.47. The van der Waals surface area contributed by atoms with Gasteiger partial charge in [0.15, 0.2) is 0 Å². The first-order valence-corrected chi connectivity index (χ1v) is 11.8. The van der Waals surface area contributed by atoms with Gasteiger partial charge in [-0.05, 0) is 56.3 Å². The van der Waals surface area contributed by atoms with Crippen LogP contribution in [-0.4, -0.2) is 59.0 Å².